The van der Waals surface area contributed by atoms with E-state index in [0.29, 0.717) is 12.6 Å². The average molecular weight is 372 g/mol. The fourth-order valence-electron chi connectivity index (χ4n) is 3.08. The maximum absolute atomic E-state index is 12.8. The number of rotatable bonds is 11. The quantitative estimate of drug-likeness (QED) is 0.523. The highest BCUT2D eigenvalue weighted by Gasteiger charge is 2.13. The number of sulfonamides is 1. The van der Waals surface area contributed by atoms with Crippen molar-refractivity contribution in [2.24, 2.45) is 0 Å². The molecule has 1 aromatic rings. The summed E-state index contributed by atoms with van der Waals surface area (Å²) in [6.07, 6.45) is 8.35. The van der Waals surface area contributed by atoms with Crippen LogP contribution in [-0.4, -0.2) is 40.6 Å². The summed E-state index contributed by atoms with van der Waals surface area (Å²) in [5.41, 5.74) is 0. The molecule has 0 saturated heterocycles. The van der Waals surface area contributed by atoms with Gasteiger partial charge in [0.1, 0.15) is 5.82 Å². The van der Waals surface area contributed by atoms with Crippen LogP contribution in [0.4, 0.5) is 4.39 Å². The van der Waals surface area contributed by atoms with Crippen LogP contribution in [0.15, 0.2) is 29.2 Å². The first-order chi connectivity index (χ1) is 12.1. The molecule has 0 atom stereocenters. The highest BCUT2D eigenvalue weighted by Crippen LogP contribution is 2.16. The smallest absolute Gasteiger partial charge is 0.240 e. The van der Waals surface area contributed by atoms with Crippen molar-refractivity contribution in [1.82, 2.24) is 15.4 Å². The Morgan fingerprint density at radius 3 is 2.32 bits per heavy atom. The van der Waals surface area contributed by atoms with Crippen LogP contribution in [0.5, 0.6) is 0 Å². The zero-order chi connectivity index (χ0) is 18.0. The van der Waals surface area contributed by atoms with Crippen molar-refractivity contribution in [3.63, 3.8) is 0 Å². The molecule has 7 heteroatoms. The number of unbranched alkanes of at least 4 members (excludes halogenated alkanes) is 1. The molecule has 1 fully saturated rings. The van der Waals surface area contributed by atoms with Crippen molar-refractivity contribution in [2.75, 3.05) is 26.2 Å². The highest BCUT2D eigenvalue weighted by atomic mass is 32.2. The second kappa shape index (κ2) is 10.9. The van der Waals surface area contributed by atoms with E-state index in [1.165, 1.54) is 44.2 Å². The second-order valence-corrected chi connectivity index (χ2v) is 8.36. The molecule has 1 aliphatic rings. The molecule has 0 unspecified atom stereocenters. The molecule has 3 N–H and O–H groups in total. The highest BCUT2D eigenvalue weighted by molar-refractivity contribution is 7.89. The predicted octanol–water partition coefficient (Wildman–Crippen LogP) is 2.40. The average Bonchev–Trinajstić information content (AvgIpc) is 2.61. The largest absolute Gasteiger partial charge is 0.315 e. The number of halogens is 1. The van der Waals surface area contributed by atoms with Crippen molar-refractivity contribution in [3.05, 3.63) is 30.1 Å². The maximum Gasteiger partial charge on any atom is 0.240 e. The lowest BCUT2D eigenvalue weighted by molar-refractivity contribution is 0.372. The molecule has 0 heterocycles. The molecule has 5 nitrogen and oxygen atoms in total. The summed E-state index contributed by atoms with van der Waals surface area (Å²) in [5, 5.41) is 6.96. The molecule has 0 bridgehead atoms. The van der Waals surface area contributed by atoms with Crippen LogP contribution >= 0.6 is 0 Å². The van der Waals surface area contributed by atoms with Gasteiger partial charge in [0.15, 0.2) is 0 Å². The summed E-state index contributed by atoms with van der Waals surface area (Å²) in [4.78, 5) is 0.0980. The van der Waals surface area contributed by atoms with Gasteiger partial charge in [-0.3, -0.25) is 0 Å². The molecule has 0 aliphatic heterocycles. The molecule has 0 radical (unpaired) electrons. The lowest BCUT2D eigenvalue weighted by Gasteiger charge is -2.22. The van der Waals surface area contributed by atoms with Gasteiger partial charge in [0.2, 0.25) is 10.0 Å². The zero-order valence-electron chi connectivity index (χ0n) is 14.8. The number of hydrogen-bond acceptors (Lipinski definition) is 4. The third kappa shape index (κ3) is 7.81. The molecule has 0 amide bonds. The van der Waals surface area contributed by atoms with Crippen molar-refractivity contribution >= 4 is 10.0 Å². The van der Waals surface area contributed by atoms with Crippen molar-refractivity contribution in [2.45, 2.75) is 55.9 Å². The molecule has 0 spiro atoms. The first-order valence-corrected chi connectivity index (χ1v) is 10.8. The Morgan fingerprint density at radius 2 is 1.60 bits per heavy atom. The Hall–Kier alpha value is -1.02. The minimum atomic E-state index is -3.54. The van der Waals surface area contributed by atoms with E-state index in [2.05, 4.69) is 15.4 Å². The van der Waals surface area contributed by atoms with Gasteiger partial charge < -0.3 is 10.6 Å². The van der Waals surface area contributed by atoms with Gasteiger partial charge in [0.25, 0.3) is 0 Å². The van der Waals surface area contributed by atoms with Gasteiger partial charge >= 0.3 is 0 Å². The van der Waals surface area contributed by atoms with Gasteiger partial charge in [-0.05, 0) is 56.5 Å². The van der Waals surface area contributed by atoms with E-state index in [-0.39, 0.29) is 4.90 Å². The Balaban J connectivity index is 1.48. The Kier molecular flexibility index (Phi) is 8.81. The van der Waals surface area contributed by atoms with Gasteiger partial charge in [0, 0.05) is 25.7 Å². The van der Waals surface area contributed by atoms with Crippen molar-refractivity contribution < 1.29 is 12.8 Å². The standard InChI is InChI=1S/C18H30FN3O2S/c19-16-8-10-18(11-9-16)25(23,24)22-13-5-4-12-20-14-15-21-17-6-2-1-3-7-17/h8-11,17,20-22H,1-7,12-15H2. The number of hydrogen-bond donors (Lipinski definition) is 3. The fourth-order valence-corrected chi connectivity index (χ4v) is 4.15. The van der Waals surface area contributed by atoms with Gasteiger partial charge in [0.05, 0.1) is 4.90 Å². The molecule has 1 saturated carbocycles. The van der Waals surface area contributed by atoms with Crippen molar-refractivity contribution in [1.29, 1.82) is 0 Å². The first-order valence-electron chi connectivity index (χ1n) is 9.27. The molecule has 1 aromatic carbocycles. The maximum atomic E-state index is 12.8. The molecule has 2 rings (SSSR count). The predicted molar refractivity (Wildman–Crippen MR) is 98.6 cm³/mol. The third-order valence-electron chi connectivity index (χ3n) is 4.54. The number of benzene rings is 1. The van der Waals surface area contributed by atoms with Gasteiger partial charge in [-0.2, -0.15) is 0 Å². The normalized spacial score (nSPS) is 16.2. The summed E-state index contributed by atoms with van der Waals surface area (Å²) < 4.78 is 39.4. The van der Waals surface area contributed by atoms with Crippen LogP contribution in [0, 0.1) is 5.82 Å². The van der Waals surface area contributed by atoms with E-state index in [4.69, 9.17) is 0 Å². The summed E-state index contributed by atoms with van der Waals surface area (Å²) in [6, 6.07) is 5.55. The lowest BCUT2D eigenvalue weighted by atomic mass is 9.95. The lowest BCUT2D eigenvalue weighted by Crippen LogP contribution is -2.36. The van der Waals surface area contributed by atoms with Crippen LogP contribution in [0.1, 0.15) is 44.9 Å². The summed E-state index contributed by atoms with van der Waals surface area (Å²) in [5.74, 6) is -0.442. The minimum Gasteiger partial charge on any atom is -0.315 e. The summed E-state index contributed by atoms with van der Waals surface area (Å²) in [7, 11) is -3.54. The van der Waals surface area contributed by atoms with Crippen LogP contribution < -0.4 is 15.4 Å². The van der Waals surface area contributed by atoms with Crippen LogP contribution in [0.2, 0.25) is 0 Å². The van der Waals surface area contributed by atoms with Gasteiger partial charge in [-0.1, -0.05) is 19.3 Å². The van der Waals surface area contributed by atoms with E-state index in [1.54, 1.807) is 0 Å². The molecule has 142 valence electrons. The molecule has 1 aliphatic carbocycles. The number of nitrogens with one attached hydrogen (secondary N) is 3. The summed E-state index contributed by atoms with van der Waals surface area (Å²) >= 11 is 0. The summed E-state index contributed by atoms with van der Waals surface area (Å²) in [6.45, 7) is 3.20. The van der Waals surface area contributed by atoms with Crippen molar-refractivity contribution in [3.8, 4) is 0 Å². The third-order valence-corrected chi connectivity index (χ3v) is 6.01. The molecule has 0 aromatic heterocycles. The first kappa shape index (κ1) is 20.3. The molecular weight excluding hydrogens is 341 g/mol. The van der Waals surface area contributed by atoms with Crippen LogP contribution in [-0.2, 0) is 10.0 Å². The van der Waals surface area contributed by atoms with E-state index < -0.39 is 15.8 Å². The van der Waals surface area contributed by atoms with Crippen LogP contribution in [0.25, 0.3) is 0 Å². The molecular formula is C18H30FN3O2S. The Morgan fingerprint density at radius 1 is 0.920 bits per heavy atom. The van der Waals surface area contributed by atoms with E-state index in [0.717, 1.165) is 44.6 Å². The second-order valence-electron chi connectivity index (χ2n) is 6.60. The van der Waals surface area contributed by atoms with Crippen LogP contribution in [0.3, 0.4) is 0 Å². The zero-order valence-corrected chi connectivity index (χ0v) is 15.6. The molecule has 25 heavy (non-hydrogen) atoms. The Labute approximate surface area is 150 Å². The SMILES string of the molecule is O=S(=O)(NCCCCNCCNC1CCCCC1)c1ccc(F)cc1. The van der Waals surface area contributed by atoms with E-state index >= 15 is 0 Å². The van der Waals surface area contributed by atoms with Gasteiger partial charge in [-0.25, -0.2) is 17.5 Å². The van der Waals surface area contributed by atoms with Gasteiger partial charge in [-0.15, -0.1) is 0 Å². The fraction of sp³-hybridized carbons (Fsp3) is 0.667. The Bertz CT molecular complexity index is 587. The topological polar surface area (TPSA) is 70.2 Å². The monoisotopic (exact) mass is 371 g/mol. The van der Waals surface area contributed by atoms with E-state index in [1.807, 2.05) is 0 Å². The minimum absolute atomic E-state index is 0.0980. The van der Waals surface area contributed by atoms with E-state index in [9.17, 15) is 12.8 Å².